The number of hydrogen-bond donors (Lipinski definition) is 1. The number of carbonyl (C=O) groups excluding carboxylic acids is 1. The van der Waals surface area contributed by atoms with E-state index in [9.17, 15) is 9.90 Å². The van der Waals surface area contributed by atoms with Crippen molar-refractivity contribution < 1.29 is 9.90 Å². The van der Waals surface area contributed by atoms with Gasteiger partial charge in [-0.1, -0.05) is 33.6 Å². The van der Waals surface area contributed by atoms with E-state index in [0.29, 0.717) is 11.4 Å². The van der Waals surface area contributed by atoms with Crippen LogP contribution in [0.2, 0.25) is 5.02 Å². The summed E-state index contributed by atoms with van der Waals surface area (Å²) in [4.78, 5) is 14.0. The molecular formula is C13H15BrClNO2. The second kappa shape index (κ2) is 6.04. The quantitative estimate of drug-likeness (QED) is 0.924. The van der Waals surface area contributed by atoms with Crippen LogP contribution in [0, 0.1) is 0 Å². The summed E-state index contributed by atoms with van der Waals surface area (Å²) >= 11 is 9.28. The molecule has 0 radical (unpaired) electrons. The Bertz CT molecular complexity index is 453. The average molecular weight is 333 g/mol. The molecule has 0 saturated carbocycles. The number of rotatable bonds is 3. The summed E-state index contributed by atoms with van der Waals surface area (Å²) in [6.07, 6.45) is 2.21. The number of nitrogens with zero attached hydrogens (tertiary/aromatic N) is 1. The Labute approximate surface area is 120 Å². The molecule has 1 N–H and O–H groups in total. The van der Waals surface area contributed by atoms with Crippen LogP contribution in [0.15, 0.2) is 22.7 Å². The van der Waals surface area contributed by atoms with Gasteiger partial charge in [0, 0.05) is 16.0 Å². The minimum atomic E-state index is -0.0106. The van der Waals surface area contributed by atoms with Crippen molar-refractivity contribution in [1.29, 1.82) is 0 Å². The lowest BCUT2D eigenvalue weighted by Gasteiger charge is -2.23. The van der Waals surface area contributed by atoms with Gasteiger partial charge in [-0.25, -0.2) is 0 Å². The highest BCUT2D eigenvalue weighted by molar-refractivity contribution is 9.10. The molecular weight excluding hydrogens is 318 g/mol. The lowest BCUT2D eigenvalue weighted by Crippen LogP contribution is -2.38. The van der Waals surface area contributed by atoms with Crippen molar-refractivity contribution >= 4 is 33.4 Å². The number of halogens is 2. The highest BCUT2D eigenvalue weighted by Gasteiger charge is 2.28. The minimum absolute atomic E-state index is 0.0106. The molecule has 1 aliphatic heterocycles. The molecule has 5 heteroatoms. The second-order valence-corrected chi connectivity index (χ2v) is 5.77. The standard InChI is InChI=1S/C13H15BrClNO2/c14-12-7-10(15)4-3-9(12)6-13(18)16-5-1-2-11(16)8-17/h3-4,7,11,17H,1-2,5-6,8H2/t11-/m1/s1. The van der Waals surface area contributed by atoms with Gasteiger partial charge in [0.2, 0.25) is 5.91 Å². The first kappa shape index (κ1) is 13.8. The maximum absolute atomic E-state index is 12.2. The van der Waals surface area contributed by atoms with Gasteiger partial charge < -0.3 is 10.0 Å². The van der Waals surface area contributed by atoms with Gasteiger partial charge in [-0.2, -0.15) is 0 Å². The van der Waals surface area contributed by atoms with Gasteiger partial charge in [-0.05, 0) is 30.5 Å². The summed E-state index contributed by atoms with van der Waals surface area (Å²) in [6.45, 7) is 0.794. The average Bonchev–Trinajstić information content (AvgIpc) is 2.81. The molecule has 18 heavy (non-hydrogen) atoms. The zero-order valence-corrected chi connectivity index (χ0v) is 12.2. The maximum atomic E-state index is 12.2. The molecule has 1 aromatic rings. The Kier molecular flexibility index (Phi) is 4.65. The van der Waals surface area contributed by atoms with Crippen LogP contribution in [0.1, 0.15) is 18.4 Å². The predicted molar refractivity (Wildman–Crippen MR) is 74.7 cm³/mol. The number of aliphatic hydroxyl groups is 1. The molecule has 0 aromatic heterocycles. The van der Waals surface area contributed by atoms with Gasteiger partial charge in [0.25, 0.3) is 0 Å². The van der Waals surface area contributed by atoms with Crippen molar-refractivity contribution in [2.45, 2.75) is 25.3 Å². The van der Waals surface area contributed by atoms with Crippen LogP contribution in [-0.4, -0.2) is 35.1 Å². The molecule has 0 bridgehead atoms. The molecule has 1 aromatic carbocycles. The Hall–Kier alpha value is -0.580. The van der Waals surface area contributed by atoms with Crippen molar-refractivity contribution in [2.75, 3.05) is 13.2 Å². The molecule has 0 spiro atoms. The lowest BCUT2D eigenvalue weighted by atomic mass is 10.1. The Morgan fingerprint density at radius 2 is 2.33 bits per heavy atom. The van der Waals surface area contributed by atoms with Gasteiger partial charge in [0.15, 0.2) is 0 Å². The van der Waals surface area contributed by atoms with Crippen LogP contribution in [-0.2, 0) is 11.2 Å². The molecule has 1 heterocycles. The molecule has 1 fully saturated rings. The van der Waals surface area contributed by atoms with Gasteiger partial charge in [0.05, 0.1) is 19.1 Å². The van der Waals surface area contributed by atoms with E-state index in [1.165, 1.54) is 0 Å². The second-order valence-electron chi connectivity index (χ2n) is 4.48. The van der Waals surface area contributed by atoms with E-state index < -0.39 is 0 Å². The Balaban J connectivity index is 2.07. The monoisotopic (exact) mass is 331 g/mol. The molecule has 2 rings (SSSR count). The predicted octanol–water partition coefficient (Wildman–Crippen LogP) is 2.63. The highest BCUT2D eigenvalue weighted by Crippen LogP contribution is 2.24. The highest BCUT2D eigenvalue weighted by atomic mass is 79.9. The Morgan fingerprint density at radius 1 is 1.56 bits per heavy atom. The van der Waals surface area contributed by atoms with E-state index in [1.807, 2.05) is 6.07 Å². The smallest absolute Gasteiger partial charge is 0.227 e. The third kappa shape index (κ3) is 3.05. The van der Waals surface area contributed by atoms with Gasteiger partial charge in [-0.15, -0.1) is 0 Å². The molecule has 98 valence electrons. The Morgan fingerprint density at radius 3 is 3.00 bits per heavy atom. The maximum Gasteiger partial charge on any atom is 0.227 e. The fourth-order valence-electron chi connectivity index (χ4n) is 2.28. The van der Waals surface area contributed by atoms with Crippen molar-refractivity contribution in [3.05, 3.63) is 33.3 Å². The molecule has 1 aliphatic rings. The number of hydrogen-bond acceptors (Lipinski definition) is 2. The fraction of sp³-hybridized carbons (Fsp3) is 0.462. The summed E-state index contributed by atoms with van der Waals surface area (Å²) in [5.41, 5.74) is 0.924. The van der Waals surface area contributed by atoms with Crippen molar-refractivity contribution in [2.24, 2.45) is 0 Å². The summed E-state index contributed by atoms with van der Waals surface area (Å²) < 4.78 is 0.850. The van der Waals surface area contributed by atoms with Crippen LogP contribution in [0.3, 0.4) is 0 Å². The number of likely N-dealkylation sites (tertiary alicyclic amines) is 1. The van der Waals surface area contributed by atoms with Crippen LogP contribution in [0.5, 0.6) is 0 Å². The summed E-state index contributed by atoms with van der Waals surface area (Å²) in [7, 11) is 0. The van der Waals surface area contributed by atoms with Gasteiger partial charge in [-0.3, -0.25) is 4.79 Å². The van der Waals surface area contributed by atoms with Crippen molar-refractivity contribution in [1.82, 2.24) is 4.90 Å². The number of aliphatic hydroxyl groups excluding tert-OH is 1. The number of carbonyl (C=O) groups is 1. The molecule has 0 aliphatic carbocycles. The van der Waals surface area contributed by atoms with E-state index in [1.54, 1.807) is 17.0 Å². The van der Waals surface area contributed by atoms with Gasteiger partial charge >= 0.3 is 0 Å². The van der Waals surface area contributed by atoms with Crippen molar-refractivity contribution in [3.8, 4) is 0 Å². The molecule has 3 nitrogen and oxygen atoms in total. The number of amides is 1. The molecule has 1 saturated heterocycles. The van der Waals surface area contributed by atoms with Crippen LogP contribution < -0.4 is 0 Å². The first-order valence-corrected chi connectivity index (χ1v) is 7.13. The van der Waals surface area contributed by atoms with E-state index in [0.717, 1.165) is 29.4 Å². The summed E-state index contributed by atoms with van der Waals surface area (Å²) in [5.74, 6) is 0.0644. The first-order valence-electron chi connectivity index (χ1n) is 5.96. The summed E-state index contributed by atoms with van der Waals surface area (Å²) in [5, 5.41) is 9.87. The zero-order chi connectivity index (χ0) is 13.1. The van der Waals surface area contributed by atoms with Crippen LogP contribution in [0.4, 0.5) is 0 Å². The molecule has 1 atom stereocenters. The van der Waals surface area contributed by atoms with Crippen LogP contribution >= 0.6 is 27.5 Å². The largest absolute Gasteiger partial charge is 0.394 e. The van der Waals surface area contributed by atoms with E-state index in [2.05, 4.69) is 15.9 Å². The number of benzene rings is 1. The third-order valence-corrected chi connectivity index (χ3v) is 4.24. The normalized spacial score (nSPS) is 19.3. The van der Waals surface area contributed by atoms with Crippen molar-refractivity contribution in [3.63, 3.8) is 0 Å². The van der Waals surface area contributed by atoms with E-state index in [4.69, 9.17) is 11.6 Å². The van der Waals surface area contributed by atoms with Gasteiger partial charge in [0.1, 0.15) is 0 Å². The fourth-order valence-corrected chi connectivity index (χ4v) is 3.11. The lowest BCUT2D eigenvalue weighted by molar-refractivity contribution is -0.132. The molecule has 0 unspecified atom stereocenters. The molecule has 1 amide bonds. The SMILES string of the molecule is O=C(Cc1ccc(Cl)cc1Br)N1CCC[C@@H]1CO. The zero-order valence-electron chi connectivity index (χ0n) is 9.90. The van der Waals surface area contributed by atoms with E-state index >= 15 is 0 Å². The summed E-state index contributed by atoms with van der Waals surface area (Å²) in [6, 6.07) is 5.41. The van der Waals surface area contributed by atoms with Crippen LogP contribution in [0.25, 0.3) is 0 Å². The topological polar surface area (TPSA) is 40.5 Å². The first-order chi connectivity index (χ1) is 8.61. The van der Waals surface area contributed by atoms with E-state index in [-0.39, 0.29) is 18.6 Å². The minimum Gasteiger partial charge on any atom is -0.394 e. The third-order valence-electron chi connectivity index (χ3n) is 3.27.